The van der Waals surface area contributed by atoms with Gasteiger partial charge < -0.3 is 15.2 Å². The van der Waals surface area contributed by atoms with Crippen molar-refractivity contribution in [2.45, 2.75) is 13.5 Å². The molecule has 0 aliphatic heterocycles. The van der Waals surface area contributed by atoms with E-state index in [4.69, 9.17) is 15.2 Å². The van der Waals surface area contributed by atoms with Gasteiger partial charge >= 0.3 is 0 Å². The van der Waals surface area contributed by atoms with Gasteiger partial charge in [-0.15, -0.1) is 0 Å². The molecule has 1 aromatic carbocycles. The van der Waals surface area contributed by atoms with E-state index in [-0.39, 0.29) is 0 Å². The van der Waals surface area contributed by atoms with Crippen molar-refractivity contribution >= 4 is 10.9 Å². The second-order valence-electron chi connectivity index (χ2n) is 3.84. The van der Waals surface area contributed by atoms with Crippen LogP contribution in [0.4, 0.5) is 0 Å². The highest BCUT2D eigenvalue weighted by atomic mass is 16.5. The van der Waals surface area contributed by atoms with Crippen molar-refractivity contribution in [2.75, 3.05) is 14.2 Å². The van der Waals surface area contributed by atoms with Crippen LogP contribution in [0.2, 0.25) is 0 Å². The normalized spacial score (nSPS) is 10.6. The number of pyridine rings is 1. The van der Waals surface area contributed by atoms with Crippen LogP contribution in [0.25, 0.3) is 10.9 Å². The number of hydrogen-bond donors (Lipinski definition) is 1. The molecule has 0 spiro atoms. The number of methoxy groups -OCH3 is 2. The summed E-state index contributed by atoms with van der Waals surface area (Å²) in [6.45, 7) is 2.44. The number of nitrogens with zero attached hydrogens (tertiary/aromatic N) is 1. The van der Waals surface area contributed by atoms with Crippen LogP contribution >= 0.6 is 0 Å². The quantitative estimate of drug-likeness (QED) is 0.879. The third kappa shape index (κ3) is 1.91. The van der Waals surface area contributed by atoms with Gasteiger partial charge in [0.2, 0.25) is 5.88 Å². The summed E-state index contributed by atoms with van der Waals surface area (Å²) in [6.07, 6.45) is 0. The predicted molar refractivity (Wildman–Crippen MR) is 67.5 cm³/mol. The van der Waals surface area contributed by atoms with E-state index in [0.29, 0.717) is 12.4 Å². The summed E-state index contributed by atoms with van der Waals surface area (Å²) in [6, 6.07) is 5.93. The lowest BCUT2D eigenvalue weighted by Crippen LogP contribution is -2.03. The number of aryl methyl sites for hydroxylation is 1. The van der Waals surface area contributed by atoms with E-state index in [1.807, 2.05) is 25.1 Å². The summed E-state index contributed by atoms with van der Waals surface area (Å²) in [5.41, 5.74) is 8.54. The number of rotatable bonds is 3. The molecule has 1 aromatic heterocycles. The topological polar surface area (TPSA) is 57.4 Å². The van der Waals surface area contributed by atoms with Crippen molar-refractivity contribution in [2.24, 2.45) is 5.73 Å². The van der Waals surface area contributed by atoms with Gasteiger partial charge in [0.25, 0.3) is 0 Å². The zero-order valence-electron chi connectivity index (χ0n) is 10.3. The second kappa shape index (κ2) is 4.59. The zero-order chi connectivity index (χ0) is 12.4. The van der Waals surface area contributed by atoms with Gasteiger partial charge in [0, 0.05) is 17.5 Å². The molecule has 2 N–H and O–H groups in total. The fourth-order valence-corrected chi connectivity index (χ4v) is 1.88. The summed E-state index contributed by atoms with van der Waals surface area (Å²) in [4.78, 5) is 4.47. The lowest BCUT2D eigenvalue weighted by molar-refractivity contribution is 0.392. The largest absolute Gasteiger partial charge is 0.494 e. The van der Waals surface area contributed by atoms with Crippen LogP contribution in [-0.2, 0) is 6.54 Å². The molecule has 0 aliphatic rings. The molecule has 4 heteroatoms. The van der Waals surface area contributed by atoms with Crippen LogP contribution < -0.4 is 15.2 Å². The van der Waals surface area contributed by atoms with E-state index in [2.05, 4.69) is 4.98 Å². The van der Waals surface area contributed by atoms with Crippen LogP contribution in [0.1, 0.15) is 11.1 Å². The van der Waals surface area contributed by atoms with Crippen molar-refractivity contribution in [3.05, 3.63) is 29.3 Å². The highest BCUT2D eigenvalue weighted by Gasteiger charge is 2.11. The Bertz CT molecular complexity index is 553. The predicted octanol–water partition coefficient (Wildman–Crippen LogP) is 2.02. The van der Waals surface area contributed by atoms with Crippen LogP contribution in [-0.4, -0.2) is 19.2 Å². The van der Waals surface area contributed by atoms with Gasteiger partial charge in [0.05, 0.1) is 14.2 Å². The molecule has 2 rings (SSSR count). The molecule has 2 aromatic rings. The van der Waals surface area contributed by atoms with Gasteiger partial charge in [0.15, 0.2) is 0 Å². The first-order valence-corrected chi connectivity index (χ1v) is 5.42. The number of aromatic nitrogens is 1. The fraction of sp³-hybridized carbons (Fsp3) is 0.308. The van der Waals surface area contributed by atoms with E-state index < -0.39 is 0 Å². The van der Waals surface area contributed by atoms with Crippen LogP contribution in [0.5, 0.6) is 11.6 Å². The van der Waals surface area contributed by atoms with Crippen molar-refractivity contribution in [1.29, 1.82) is 0 Å². The van der Waals surface area contributed by atoms with Crippen molar-refractivity contribution in [3.63, 3.8) is 0 Å². The van der Waals surface area contributed by atoms with Crippen molar-refractivity contribution < 1.29 is 9.47 Å². The first-order chi connectivity index (χ1) is 8.21. The van der Waals surface area contributed by atoms with Crippen molar-refractivity contribution in [3.8, 4) is 11.6 Å². The molecule has 17 heavy (non-hydrogen) atoms. The minimum absolute atomic E-state index is 0.406. The molecule has 0 saturated heterocycles. The Hall–Kier alpha value is -1.81. The minimum atomic E-state index is 0.406. The molecule has 0 bridgehead atoms. The number of fused-ring (bicyclic) bond motifs is 1. The first-order valence-electron chi connectivity index (χ1n) is 5.42. The summed E-state index contributed by atoms with van der Waals surface area (Å²) in [5, 5.41) is 1.05. The first kappa shape index (κ1) is 11.7. The van der Waals surface area contributed by atoms with Gasteiger partial charge in [-0.25, -0.2) is 4.98 Å². The number of benzene rings is 1. The summed E-state index contributed by atoms with van der Waals surface area (Å²) in [7, 11) is 3.23. The van der Waals surface area contributed by atoms with Gasteiger partial charge in [-0.2, -0.15) is 0 Å². The van der Waals surface area contributed by atoms with Gasteiger partial charge in [-0.05, 0) is 24.6 Å². The third-order valence-corrected chi connectivity index (χ3v) is 2.84. The van der Waals surface area contributed by atoms with Gasteiger partial charge in [-0.1, -0.05) is 6.07 Å². The number of nitrogens with two attached hydrogens (primary N) is 1. The molecule has 0 atom stereocenters. The zero-order valence-corrected chi connectivity index (χ0v) is 10.3. The van der Waals surface area contributed by atoms with E-state index in [9.17, 15) is 0 Å². The third-order valence-electron chi connectivity index (χ3n) is 2.84. The average Bonchev–Trinajstić information content (AvgIpc) is 2.38. The van der Waals surface area contributed by atoms with Gasteiger partial charge in [0.1, 0.15) is 11.3 Å². The summed E-state index contributed by atoms with van der Waals surface area (Å²) >= 11 is 0. The minimum Gasteiger partial charge on any atom is -0.494 e. The SMILES string of the molecule is COc1nc2c(OC)ccc(C)c2cc1CN. The molecule has 0 radical (unpaired) electrons. The number of hydrogen-bond acceptors (Lipinski definition) is 4. The van der Waals surface area contributed by atoms with Crippen LogP contribution in [0.15, 0.2) is 18.2 Å². The van der Waals surface area contributed by atoms with Crippen LogP contribution in [0.3, 0.4) is 0 Å². The number of ether oxygens (including phenoxy) is 2. The Morgan fingerprint density at radius 1 is 1.24 bits per heavy atom. The highest BCUT2D eigenvalue weighted by molar-refractivity contribution is 5.88. The van der Waals surface area contributed by atoms with E-state index >= 15 is 0 Å². The highest BCUT2D eigenvalue weighted by Crippen LogP contribution is 2.30. The molecule has 4 nitrogen and oxygen atoms in total. The second-order valence-corrected chi connectivity index (χ2v) is 3.84. The molecule has 1 heterocycles. The monoisotopic (exact) mass is 232 g/mol. The molecule has 0 fully saturated rings. The molecule has 0 unspecified atom stereocenters. The Morgan fingerprint density at radius 2 is 2.00 bits per heavy atom. The molecular weight excluding hydrogens is 216 g/mol. The summed E-state index contributed by atoms with van der Waals surface area (Å²) < 4.78 is 10.5. The maximum absolute atomic E-state index is 5.69. The molecule has 90 valence electrons. The van der Waals surface area contributed by atoms with Crippen LogP contribution in [0, 0.1) is 6.92 Å². The molecule has 0 saturated carbocycles. The Kier molecular flexibility index (Phi) is 3.15. The van der Waals surface area contributed by atoms with E-state index in [0.717, 1.165) is 27.8 Å². The Balaban J connectivity index is 2.80. The Labute approximate surface area is 100 Å². The van der Waals surface area contributed by atoms with E-state index in [1.165, 1.54) is 0 Å². The summed E-state index contributed by atoms with van der Waals surface area (Å²) in [5.74, 6) is 1.30. The average molecular weight is 232 g/mol. The lowest BCUT2D eigenvalue weighted by atomic mass is 10.1. The maximum Gasteiger partial charge on any atom is 0.218 e. The smallest absolute Gasteiger partial charge is 0.218 e. The lowest BCUT2D eigenvalue weighted by Gasteiger charge is -2.11. The molecular formula is C13H16N2O2. The van der Waals surface area contributed by atoms with Crippen molar-refractivity contribution in [1.82, 2.24) is 4.98 Å². The van der Waals surface area contributed by atoms with E-state index in [1.54, 1.807) is 14.2 Å². The Morgan fingerprint density at radius 3 is 2.59 bits per heavy atom. The van der Waals surface area contributed by atoms with Gasteiger partial charge in [-0.3, -0.25) is 0 Å². The standard InChI is InChI=1S/C13H16N2O2/c1-8-4-5-11(16-2)12-10(8)6-9(7-14)13(15-12)17-3/h4-6H,7,14H2,1-3H3. The molecule has 0 aliphatic carbocycles. The molecule has 0 amide bonds. The fourth-order valence-electron chi connectivity index (χ4n) is 1.88. The maximum atomic E-state index is 5.69.